The number of hydrogen-bond acceptors (Lipinski definition) is 2. The van der Waals surface area contributed by atoms with Crippen molar-refractivity contribution in [3.8, 4) is 5.75 Å². The van der Waals surface area contributed by atoms with E-state index in [4.69, 9.17) is 4.74 Å². The van der Waals surface area contributed by atoms with Gasteiger partial charge in [0.15, 0.2) is 0 Å². The zero-order valence-electron chi connectivity index (χ0n) is 8.38. The minimum atomic E-state index is -0.204. The average Bonchev–Trinajstić information content (AvgIpc) is 2.47. The van der Waals surface area contributed by atoms with E-state index < -0.39 is 0 Å². The summed E-state index contributed by atoms with van der Waals surface area (Å²) in [5.41, 5.74) is 0.929. The molecule has 0 saturated carbocycles. The van der Waals surface area contributed by atoms with Crippen LogP contribution in [0.5, 0.6) is 5.75 Å². The molecule has 0 amide bonds. The summed E-state index contributed by atoms with van der Waals surface area (Å²) in [4.78, 5) is 0. The molecule has 1 aliphatic rings. The Hall–Kier alpha value is -1.09. The van der Waals surface area contributed by atoms with E-state index in [1.165, 1.54) is 6.07 Å². The van der Waals surface area contributed by atoms with Gasteiger partial charge in [-0.15, -0.1) is 0 Å². The van der Waals surface area contributed by atoms with Gasteiger partial charge in [0.05, 0.1) is 6.04 Å². The molecule has 1 aliphatic heterocycles. The zero-order chi connectivity index (χ0) is 10.1. The van der Waals surface area contributed by atoms with Crippen molar-refractivity contribution in [3.05, 3.63) is 29.6 Å². The first-order valence-corrected chi connectivity index (χ1v) is 4.85. The van der Waals surface area contributed by atoms with E-state index in [0.717, 1.165) is 11.3 Å². The topological polar surface area (TPSA) is 21.3 Å². The highest BCUT2D eigenvalue weighted by atomic mass is 19.1. The second-order valence-electron chi connectivity index (χ2n) is 3.87. The van der Waals surface area contributed by atoms with Crippen LogP contribution in [0.1, 0.15) is 25.5 Å². The molecule has 0 fully saturated rings. The molecule has 0 saturated heterocycles. The molecule has 1 heterocycles. The van der Waals surface area contributed by atoms with Crippen LogP contribution in [0.4, 0.5) is 4.39 Å². The Labute approximate surface area is 83.1 Å². The molecule has 1 aromatic rings. The summed E-state index contributed by atoms with van der Waals surface area (Å²) in [6.45, 7) is 4.73. The normalized spacial score (nSPS) is 19.6. The molecule has 1 aromatic carbocycles. The third kappa shape index (κ3) is 1.73. The fourth-order valence-electron chi connectivity index (χ4n) is 1.73. The van der Waals surface area contributed by atoms with Crippen molar-refractivity contribution >= 4 is 0 Å². The van der Waals surface area contributed by atoms with Crippen molar-refractivity contribution in [1.29, 1.82) is 0 Å². The van der Waals surface area contributed by atoms with Crippen LogP contribution in [0.25, 0.3) is 0 Å². The zero-order valence-corrected chi connectivity index (χ0v) is 8.38. The second-order valence-corrected chi connectivity index (χ2v) is 3.87. The van der Waals surface area contributed by atoms with Crippen LogP contribution in [-0.2, 0) is 0 Å². The van der Waals surface area contributed by atoms with Gasteiger partial charge in [0, 0.05) is 11.6 Å². The maximum Gasteiger partial charge on any atom is 0.124 e. The summed E-state index contributed by atoms with van der Waals surface area (Å²) < 4.78 is 18.4. The van der Waals surface area contributed by atoms with Crippen LogP contribution in [-0.4, -0.2) is 12.6 Å². The maximum absolute atomic E-state index is 13.0. The summed E-state index contributed by atoms with van der Waals surface area (Å²) in [7, 11) is 0. The first-order valence-electron chi connectivity index (χ1n) is 4.85. The van der Waals surface area contributed by atoms with Gasteiger partial charge in [-0.1, -0.05) is 13.8 Å². The lowest BCUT2D eigenvalue weighted by molar-refractivity contribution is 0.303. The van der Waals surface area contributed by atoms with Gasteiger partial charge >= 0.3 is 0 Å². The number of benzene rings is 1. The maximum atomic E-state index is 13.0. The molecule has 0 aromatic heterocycles. The van der Waals surface area contributed by atoms with Gasteiger partial charge in [-0.2, -0.15) is 0 Å². The lowest BCUT2D eigenvalue weighted by atomic mass is 10.1. The van der Waals surface area contributed by atoms with Gasteiger partial charge in [0.2, 0.25) is 0 Å². The third-order valence-electron chi connectivity index (χ3n) is 2.29. The predicted molar refractivity (Wildman–Crippen MR) is 52.9 cm³/mol. The van der Waals surface area contributed by atoms with Crippen LogP contribution in [0, 0.1) is 5.82 Å². The molecule has 0 radical (unpaired) electrons. The summed E-state index contributed by atoms with van der Waals surface area (Å²) in [6, 6.07) is 5.16. The van der Waals surface area contributed by atoms with Crippen molar-refractivity contribution < 1.29 is 9.13 Å². The number of fused-ring (bicyclic) bond motifs is 1. The Balaban J connectivity index is 2.24. The Morgan fingerprint density at radius 1 is 1.50 bits per heavy atom. The standard InChI is InChI=1S/C11H14FNO/c1-7(2)13-10-6-14-11-4-3-8(12)5-9(10)11/h3-5,7,10,13H,6H2,1-2H3. The number of rotatable bonds is 2. The number of halogens is 1. The predicted octanol–water partition coefficient (Wildman–Crippen LogP) is 2.26. The van der Waals surface area contributed by atoms with Crippen molar-refractivity contribution in [1.82, 2.24) is 5.32 Å². The molecule has 0 aliphatic carbocycles. The van der Waals surface area contributed by atoms with E-state index >= 15 is 0 Å². The van der Waals surface area contributed by atoms with Gasteiger partial charge < -0.3 is 10.1 Å². The Morgan fingerprint density at radius 2 is 2.29 bits per heavy atom. The lowest BCUT2D eigenvalue weighted by Gasteiger charge is -2.14. The van der Waals surface area contributed by atoms with E-state index in [1.54, 1.807) is 12.1 Å². The lowest BCUT2D eigenvalue weighted by Crippen LogP contribution is -2.28. The average molecular weight is 195 g/mol. The summed E-state index contributed by atoms with van der Waals surface area (Å²) in [5.74, 6) is 0.592. The molecule has 0 spiro atoms. The molecule has 3 heteroatoms. The van der Waals surface area contributed by atoms with Crippen molar-refractivity contribution in [2.45, 2.75) is 25.9 Å². The largest absolute Gasteiger partial charge is 0.491 e. The molecule has 2 nitrogen and oxygen atoms in total. The van der Waals surface area contributed by atoms with Gasteiger partial charge in [-0.25, -0.2) is 4.39 Å². The smallest absolute Gasteiger partial charge is 0.124 e. The Morgan fingerprint density at radius 3 is 3.00 bits per heavy atom. The van der Waals surface area contributed by atoms with Crippen molar-refractivity contribution in [2.24, 2.45) is 0 Å². The fraction of sp³-hybridized carbons (Fsp3) is 0.455. The van der Waals surface area contributed by atoms with Gasteiger partial charge in [-0.05, 0) is 18.2 Å². The second kappa shape index (κ2) is 3.58. The number of ether oxygens (including phenoxy) is 1. The molecule has 2 rings (SSSR count). The summed E-state index contributed by atoms with van der Waals surface area (Å²) >= 11 is 0. The van der Waals surface area contributed by atoms with Crippen molar-refractivity contribution in [3.63, 3.8) is 0 Å². The number of hydrogen-bond donors (Lipinski definition) is 1. The molecular weight excluding hydrogens is 181 g/mol. The SMILES string of the molecule is CC(C)NC1COc2ccc(F)cc21. The Bertz CT molecular complexity index is 338. The van der Waals surface area contributed by atoms with Gasteiger partial charge in [0.1, 0.15) is 18.2 Å². The molecular formula is C11H14FNO. The molecule has 76 valence electrons. The quantitative estimate of drug-likeness (QED) is 0.781. The highest BCUT2D eigenvalue weighted by molar-refractivity contribution is 5.39. The van der Waals surface area contributed by atoms with Gasteiger partial charge in [-0.3, -0.25) is 0 Å². The first kappa shape index (κ1) is 9.46. The van der Waals surface area contributed by atoms with E-state index in [1.807, 2.05) is 0 Å². The Kier molecular flexibility index (Phi) is 2.42. The molecule has 14 heavy (non-hydrogen) atoms. The molecule has 0 bridgehead atoms. The van der Waals surface area contributed by atoms with Crippen LogP contribution in [0.2, 0.25) is 0 Å². The highest BCUT2D eigenvalue weighted by Gasteiger charge is 2.24. The van der Waals surface area contributed by atoms with E-state index in [9.17, 15) is 4.39 Å². The molecule has 1 N–H and O–H groups in total. The van der Waals surface area contributed by atoms with Crippen LogP contribution >= 0.6 is 0 Å². The molecule has 1 atom stereocenters. The van der Waals surface area contributed by atoms with E-state index in [-0.39, 0.29) is 11.9 Å². The minimum Gasteiger partial charge on any atom is -0.491 e. The summed E-state index contributed by atoms with van der Waals surface area (Å²) in [6.07, 6.45) is 0. The van der Waals surface area contributed by atoms with Crippen molar-refractivity contribution in [2.75, 3.05) is 6.61 Å². The monoisotopic (exact) mass is 195 g/mol. The van der Waals surface area contributed by atoms with Crippen LogP contribution in [0.15, 0.2) is 18.2 Å². The van der Waals surface area contributed by atoms with E-state index in [0.29, 0.717) is 12.6 Å². The highest BCUT2D eigenvalue weighted by Crippen LogP contribution is 2.32. The minimum absolute atomic E-state index is 0.126. The first-order chi connectivity index (χ1) is 6.66. The summed E-state index contributed by atoms with van der Waals surface area (Å²) in [5, 5.41) is 3.33. The van der Waals surface area contributed by atoms with Crippen LogP contribution < -0.4 is 10.1 Å². The van der Waals surface area contributed by atoms with Crippen LogP contribution in [0.3, 0.4) is 0 Å². The number of nitrogens with one attached hydrogen (secondary N) is 1. The third-order valence-corrected chi connectivity index (χ3v) is 2.29. The molecule has 1 unspecified atom stereocenters. The van der Waals surface area contributed by atoms with Gasteiger partial charge in [0.25, 0.3) is 0 Å². The fourth-order valence-corrected chi connectivity index (χ4v) is 1.73. The van der Waals surface area contributed by atoms with E-state index in [2.05, 4.69) is 19.2 Å².